The summed E-state index contributed by atoms with van der Waals surface area (Å²) in [4.78, 5) is 23.9. The topological polar surface area (TPSA) is 119 Å². The quantitative estimate of drug-likeness (QED) is 0.379. The molecule has 9 nitrogen and oxygen atoms in total. The van der Waals surface area contributed by atoms with Crippen molar-refractivity contribution in [1.82, 2.24) is 14.5 Å². The summed E-state index contributed by atoms with van der Waals surface area (Å²) >= 11 is 2.21. The first-order valence-electron chi connectivity index (χ1n) is 7.54. The van der Waals surface area contributed by atoms with Gasteiger partial charge in [-0.05, 0) is 5.56 Å². The molecular weight excluding hydrogens is 412 g/mol. The lowest BCUT2D eigenvalue weighted by Gasteiger charge is -2.25. The molecule has 1 aromatic carbocycles. The molecule has 2 rings (SSSR count). The highest BCUT2D eigenvalue weighted by Gasteiger charge is 2.31. The van der Waals surface area contributed by atoms with E-state index in [-0.39, 0.29) is 10.9 Å². The fraction of sp³-hybridized carbons (Fsp3) is 0.333. The van der Waals surface area contributed by atoms with Gasteiger partial charge < -0.3 is 4.74 Å². The largest absolute Gasteiger partial charge is 0.468 e. The van der Waals surface area contributed by atoms with Crippen LogP contribution in [0.5, 0.6) is 0 Å². The lowest BCUT2D eigenvalue weighted by atomic mass is 10.1. The third kappa shape index (κ3) is 5.99. The summed E-state index contributed by atoms with van der Waals surface area (Å²) in [7, 11) is -0.993. The van der Waals surface area contributed by atoms with Gasteiger partial charge in [0.15, 0.2) is 4.34 Å². The number of sulfonamides is 1. The zero-order valence-corrected chi connectivity index (χ0v) is 17.2. The number of nitrogens with one attached hydrogen (secondary N) is 1. The molecule has 2 aromatic rings. The number of hydrogen-bond acceptors (Lipinski definition) is 9. The fourth-order valence-electron chi connectivity index (χ4n) is 2.03. The first kappa shape index (κ1) is 21.3. The number of carbonyl (C=O) groups excluding carboxylic acids is 2. The van der Waals surface area contributed by atoms with Crippen molar-refractivity contribution in [2.24, 2.45) is 0 Å². The van der Waals surface area contributed by atoms with Crippen LogP contribution in [-0.2, 0) is 24.3 Å². The van der Waals surface area contributed by atoms with Crippen molar-refractivity contribution in [3.05, 3.63) is 35.9 Å². The number of benzene rings is 1. The van der Waals surface area contributed by atoms with E-state index in [1.54, 1.807) is 30.3 Å². The Bertz CT molecular complexity index is 901. The summed E-state index contributed by atoms with van der Waals surface area (Å²) in [5, 5.41) is 10.5. The minimum atomic E-state index is -3.62. The maximum atomic E-state index is 12.8. The van der Waals surface area contributed by atoms with E-state index < -0.39 is 27.9 Å². The van der Waals surface area contributed by atoms with Crippen LogP contribution in [0.1, 0.15) is 11.6 Å². The molecule has 0 radical (unpaired) electrons. The van der Waals surface area contributed by atoms with E-state index >= 15 is 0 Å². The van der Waals surface area contributed by atoms with E-state index in [9.17, 15) is 18.0 Å². The van der Waals surface area contributed by atoms with Gasteiger partial charge in [-0.2, -0.15) is 4.31 Å². The van der Waals surface area contributed by atoms with Crippen molar-refractivity contribution < 1.29 is 22.7 Å². The Morgan fingerprint density at radius 2 is 1.96 bits per heavy atom. The summed E-state index contributed by atoms with van der Waals surface area (Å²) in [6.07, 6.45) is 1.03. The molecule has 1 heterocycles. The summed E-state index contributed by atoms with van der Waals surface area (Å²) < 4.78 is 29.9. The number of nitrogens with zero attached hydrogens (tertiary/aromatic N) is 3. The fourth-order valence-corrected chi connectivity index (χ4v) is 4.21. The minimum Gasteiger partial charge on any atom is -0.468 e. The highest BCUT2D eigenvalue weighted by Crippen LogP contribution is 2.28. The van der Waals surface area contributed by atoms with E-state index in [0.29, 0.717) is 9.90 Å². The van der Waals surface area contributed by atoms with E-state index in [2.05, 4.69) is 20.3 Å². The number of anilines is 1. The molecule has 146 valence electrons. The van der Waals surface area contributed by atoms with Gasteiger partial charge in [-0.25, -0.2) is 8.42 Å². The number of likely N-dealkylation sites (N-methyl/N-ethyl adjacent to an activating group) is 1. The van der Waals surface area contributed by atoms with Gasteiger partial charge in [-0.15, -0.1) is 10.2 Å². The van der Waals surface area contributed by atoms with Gasteiger partial charge >= 0.3 is 5.97 Å². The van der Waals surface area contributed by atoms with Gasteiger partial charge in [0.05, 0.1) is 19.1 Å². The molecule has 0 unspecified atom stereocenters. The van der Waals surface area contributed by atoms with E-state index in [1.165, 1.54) is 14.2 Å². The molecular formula is C15H18N4O5S3. The lowest BCUT2D eigenvalue weighted by molar-refractivity contribution is -0.137. The average Bonchev–Trinajstić information content (AvgIpc) is 3.07. The molecule has 0 aliphatic heterocycles. The van der Waals surface area contributed by atoms with Crippen LogP contribution in [0.2, 0.25) is 0 Å². The van der Waals surface area contributed by atoms with Crippen molar-refractivity contribution in [3.8, 4) is 0 Å². The minimum absolute atomic E-state index is 0.0720. The van der Waals surface area contributed by atoms with Gasteiger partial charge in [0.1, 0.15) is 6.04 Å². The summed E-state index contributed by atoms with van der Waals surface area (Å²) in [5.74, 6) is -0.891. The molecule has 0 fully saturated rings. The molecule has 0 saturated carbocycles. The zero-order chi connectivity index (χ0) is 20.0. The molecule has 0 saturated heterocycles. The Morgan fingerprint density at radius 3 is 2.56 bits per heavy atom. The molecule has 1 atom stereocenters. The number of amides is 1. The average molecular weight is 431 g/mol. The third-order valence-corrected chi connectivity index (χ3v) is 6.63. The number of esters is 1. The van der Waals surface area contributed by atoms with Crippen LogP contribution in [0.3, 0.4) is 0 Å². The Kier molecular flexibility index (Phi) is 7.30. The molecule has 0 aliphatic rings. The van der Waals surface area contributed by atoms with Gasteiger partial charge in [-0.3, -0.25) is 14.9 Å². The Morgan fingerprint density at radius 1 is 1.30 bits per heavy atom. The second-order valence-electron chi connectivity index (χ2n) is 5.32. The summed E-state index contributed by atoms with van der Waals surface area (Å²) in [5.41, 5.74) is 0.521. The van der Waals surface area contributed by atoms with Crippen molar-refractivity contribution in [2.75, 3.05) is 31.5 Å². The zero-order valence-electron chi connectivity index (χ0n) is 14.8. The van der Waals surface area contributed by atoms with Crippen LogP contribution in [0.15, 0.2) is 34.7 Å². The Labute approximate surface area is 165 Å². The number of ether oxygens (including phenoxy) is 1. The van der Waals surface area contributed by atoms with Crippen molar-refractivity contribution in [3.63, 3.8) is 0 Å². The third-order valence-electron chi connectivity index (χ3n) is 3.43. The lowest BCUT2D eigenvalue weighted by Crippen LogP contribution is -2.38. The van der Waals surface area contributed by atoms with Crippen molar-refractivity contribution in [2.45, 2.75) is 10.4 Å². The number of carbonyl (C=O) groups is 2. The van der Waals surface area contributed by atoms with Crippen LogP contribution in [0.4, 0.5) is 5.13 Å². The molecule has 12 heteroatoms. The molecule has 0 aliphatic carbocycles. The predicted molar refractivity (Wildman–Crippen MR) is 103 cm³/mol. The van der Waals surface area contributed by atoms with Crippen LogP contribution < -0.4 is 5.32 Å². The maximum Gasteiger partial charge on any atom is 0.316 e. The first-order valence-corrected chi connectivity index (χ1v) is 11.2. The smallest absolute Gasteiger partial charge is 0.316 e. The predicted octanol–water partition coefficient (Wildman–Crippen LogP) is 1.37. The molecule has 1 amide bonds. The standard InChI is InChI=1S/C15H18N4O5S3/c1-19(27(3,22)23)12(10-7-5-4-6-8-10)13(21)16-14-17-18-15(26-14)25-9-11(20)24-2/h4-8,12H,9H2,1-3H3,(H,16,17,21)/t12-/m1/s1. The number of aromatic nitrogens is 2. The van der Waals surface area contributed by atoms with Gasteiger partial charge in [0.2, 0.25) is 21.1 Å². The summed E-state index contributed by atoms with van der Waals surface area (Å²) in [6.45, 7) is 0. The van der Waals surface area contributed by atoms with Crippen LogP contribution in [0, 0.1) is 0 Å². The van der Waals surface area contributed by atoms with Crippen molar-refractivity contribution in [1.29, 1.82) is 0 Å². The Balaban J connectivity index is 2.17. The highest BCUT2D eigenvalue weighted by molar-refractivity contribution is 8.01. The second kappa shape index (κ2) is 9.26. The number of methoxy groups -OCH3 is 1. The summed E-state index contributed by atoms with van der Waals surface area (Å²) in [6, 6.07) is 7.49. The van der Waals surface area contributed by atoms with Crippen LogP contribution in [-0.4, -0.2) is 61.0 Å². The Hall–Kier alpha value is -2.02. The number of thioether (sulfide) groups is 1. The number of rotatable bonds is 8. The monoisotopic (exact) mass is 430 g/mol. The van der Waals surface area contributed by atoms with Gasteiger partial charge in [-0.1, -0.05) is 53.4 Å². The second-order valence-corrected chi connectivity index (χ2v) is 9.56. The number of hydrogen-bond donors (Lipinski definition) is 1. The maximum absolute atomic E-state index is 12.8. The van der Waals surface area contributed by atoms with Crippen LogP contribution >= 0.6 is 23.1 Å². The SMILES string of the molecule is COC(=O)CSc1nnc(NC(=O)[C@@H](c2ccccc2)N(C)S(C)(=O)=O)s1. The van der Waals surface area contributed by atoms with Gasteiger partial charge in [0.25, 0.3) is 0 Å². The normalized spacial score (nSPS) is 12.6. The van der Waals surface area contributed by atoms with E-state index in [1.807, 2.05) is 0 Å². The first-order chi connectivity index (χ1) is 12.7. The molecule has 27 heavy (non-hydrogen) atoms. The van der Waals surface area contributed by atoms with Crippen LogP contribution in [0.25, 0.3) is 0 Å². The van der Waals surface area contributed by atoms with E-state index in [4.69, 9.17) is 0 Å². The molecule has 1 N–H and O–H groups in total. The van der Waals surface area contributed by atoms with Crippen molar-refractivity contribution >= 4 is 50.1 Å². The molecule has 0 spiro atoms. The highest BCUT2D eigenvalue weighted by atomic mass is 32.2. The molecule has 0 bridgehead atoms. The van der Waals surface area contributed by atoms with Gasteiger partial charge in [0, 0.05) is 7.05 Å². The molecule has 1 aromatic heterocycles. The van der Waals surface area contributed by atoms with E-state index in [0.717, 1.165) is 33.7 Å².